The normalized spacial score (nSPS) is 9.79. The maximum Gasteiger partial charge on any atom is 0.335 e. The van der Waals surface area contributed by atoms with Gasteiger partial charge in [-0.15, -0.1) is 0 Å². The molecule has 0 heterocycles. The number of allylic oxidation sites excluding steroid dienone is 1. The van der Waals surface area contributed by atoms with Crippen LogP contribution in [-0.2, 0) is 6.42 Å². The van der Waals surface area contributed by atoms with Gasteiger partial charge in [0.1, 0.15) is 0 Å². The van der Waals surface area contributed by atoms with Crippen molar-refractivity contribution in [2.24, 2.45) is 0 Å². The van der Waals surface area contributed by atoms with E-state index in [4.69, 9.17) is 5.11 Å². The lowest BCUT2D eigenvalue weighted by molar-refractivity contribution is 0.0696. The Hall–Kier alpha value is -1.71. The van der Waals surface area contributed by atoms with Crippen LogP contribution in [0.1, 0.15) is 15.9 Å². The van der Waals surface area contributed by atoms with Crippen LogP contribution in [0.25, 0.3) is 0 Å². The van der Waals surface area contributed by atoms with Crippen LogP contribution in [-0.4, -0.2) is 11.1 Å². The van der Waals surface area contributed by atoms with Gasteiger partial charge in [-0.25, -0.2) is 9.18 Å². The second kappa shape index (κ2) is 5.85. The summed E-state index contributed by atoms with van der Waals surface area (Å²) < 4.78 is 11.7. The highest BCUT2D eigenvalue weighted by Crippen LogP contribution is 2.09. The molecule has 0 atom stereocenters. The summed E-state index contributed by atoms with van der Waals surface area (Å²) in [5, 5.41) is 8.75. The summed E-state index contributed by atoms with van der Waals surface area (Å²) in [6.07, 6.45) is 2.00. The standard InChI is InChI=1S/C10H9FO2.FH/c11-7-3-5-8-4-1-2-6-9(8)10(12)13;/h1-4,6-7H,5H2,(H,12,13);1H. The van der Waals surface area contributed by atoms with E-state index in [1.54, 1.807) is 18.2 Å². The number of hydrogen-bond acceptors (Lipinski definition) is 1. The van der Waals surface area contributed by atoms with Crippen LogP contribution in [0.15, 0.2) is 36.7 Å². The van der Waals surface area contributed by atoms with Gasteiger partial charge < -0.3 is 5.11 Å². The van der Waals surface area contributed by atoms with E-state index in [-0.39, 0.29) is 10.3 Å². The Morgan fingerprint density at radius 3 is 2.64 bits per heavy atom. The molecule has 0 aromatic heterocycles. The highest BCUT2D eigenvalue weighted by atomic mass is 19.1. The zero-order valence-corrected chi connectivity index (χ0v) is 7.31. The molecule has 1 aromatic carbocycles. The minimum absolute atomic E-state index is 0. The smallest absolute Gasteiger partial charge is 0.335 e. The Kier molecular flexibility index (Phi) is 5.14. The van der Waals surface area contributed by atoms with Crippen LogP contribution in [0.5, 0.6) is 0 Å². The second-order valence-electron chi connectivity index (χ2n) is 2.53. The maximum absolute atomic E-state index is 11.7. The quantitative estimate of drug-likeness (QED) is 0.814. The third-order valence-corrected chi connectivity index (χ3v) is 1.67. The highest BCUT2D eigenvalue weighted by molar-refractivity contribution is 5.89. The SMILES string of the molecule is F.O=C(O)c1ccccc1CC=CF. The molecule has 0 aliphatic rings. The highest BCUT2D eigenvalue weighted by Gasteiger charge is 2.06. The molecule has 0 saturated carbocycles. The number of rotatable bonds is 3. The van der Waals surface area contributed by atoms with Crippen LogP contribution in [0.3, 0.4) is 0 Å². The minimum atomic E-state index is -0.983. The zero-order valence-electron chi connectivity index (χ0n) is 7.31. The molecule has 1 aromatic rings. The first-order valence-corrected chi connectivity index (χ1v) is 3.82. The number of benzene rings is 1. The monoisotopic (exact) mass is 200 g/mol. The van der Waals surface area contributed by atoms with Crippen molar-refractivity contribution in [3.63, 3.8) is 0 Å². The molecule has 0 spiro atoms. The summed E-state index contributed by atoms with van der Waals surface area (Å²) in [4.78, 5) is 10.7. The average molecular weight is 200 g/mol. The predicted octanol–water partition coefficient (Wildman–Crippen LogP) is 2.56. The van der Waals surface area contributed by atoms with Crippen molar-refractivity contribution in [1.82, 2.24) is 0 Å². The molecule has 0 aliphatic carbocycles. The lowest BCUT2D eigenvalue weighted by atomic mass is 10.1. The molecule has 0 amide bonds. The summed E-state index contributed by atoms with van der Waals surface area (Å²) >= 11 is 0. The van der Waals surface area contributed by atoms with Crippen molar-refractivity contribution < 1.29 is 19.0 Å². The van der Waals surface area contributed by atoms with E-state index in [2.05, 4.69) is 0 Å². The minimum Gasteiger partial charge on any atom is -0.478 e. The van der Waals surface area contributed by atoms with Crippen molar-refractivity contribution in [3.05, 3.63) is 47.8 Å². The van der Waals surface area contributed by atoms with Crippen LogP contribution in [0, 0.1) is 0 Å². The number of carboxylic acid groups (broad SMARTS) is 1. The molecule has 0 unspecified atom stereocenters. The van der Waals surface area contributed by atoms with E-state index in [0.717, 1.165) is 0 Å². The lowest BCUT2D eigenvalue weighted by Crippen LogP contribution is -2.00. The third kappa shape index (κ3) is 2.97. The summed E-state index contributed by atoms with van der Waals surface area (Å²) in [6.45, 7) is 0. The van der Waals surface area contributed by atoms with Crippen molar-refractivity contribution in [1.29, 1.82) is 0 Å². The zero-order chi connectivity index (χ0) is 9.68. The number of carboxylic acids is 1. The number of carbonyl (C=O) groups is 1. The molecule has 14 heavy (non-hydrogen) atoms. The summed E-state index contributed by atoms with van der Waals surface area (Å²) in [6, 6.07) is 6.55. The molecule has 1 rings (SSSR count). The fourth-order valence-corrected chi connectivity index (χ4v) is 1.08. The second-order valence-corrected chi connectivity index (χ2v) is 2.53. The van der Waals surface area contributed by atoms with E-state index < -0.39 is 5.97 Å². The molecule has 4 heteroatoms. The van der Waals surface area contributed by atoms with E-state index in [1.807, 2.05) is 0 Å². The van der Waals surface area contributed by atoms with Gasteiger partial charge in [-0.05, 0) is 18.1 Å². The number of halogens is 2. The first-order valence-electron chi connectivity index (χ1n) is 3.82. The molecule has 0 radical (unpaired) electrons. The van der Waals surface area contributed by atoms with Crippen LogP contribution in [0.4, 0.5) is 9.09 Å². The average Bonchev–Trinajstić information content (AvgIpc) is 2.15. The van der Waals surface area contributed by atoms with Gasteiger partial charge in [0.15, 0.2) is 0 Å². The van der Waals surface area contributed by atoms with Crippen LogP contribution < -0.4 is 0 Å². The van der Waals surface area contributed by atoms with Crippen molar-refractivity contribution >= 4 is 5.97 Å². The first kappa shape index (κ1) is 12.3. The Balaban J connectivity index is 0.00000169. The Morgan fingerprint density at radius 1 is 1.43 bits per heavy atom. The van der Waals surface area contributed by atoms with Crippen molar-refractivity contribution in [3.8, 4) is 0 Å². The van der Waals surface area contributed by atoms with Gasteiger partial charge in [0.25, 0.3) is 0 Å². The fourth-order valence-electron chi connectivity index (χ4n) is 1.08. The summed E-state index contributed by atoms with van der Waals surface area (Å²) in [7, 11) is 0. The van der Waals surface area contributed by atoms with Gasteiger partial charge in [-0.1, -0.05) is 24.3 Å². The van der Waals surface area contributed by atoms with Gasteiger partial charge in [0.2, 0.25) is 0 Å². The van der Waals surface area contributed by atoms with Gasteiger partial charge in [0, 0.05) is 0 Å². The van der Waals surface area contributed by atoms with Gasteiger partial charge >= 0.3 is 5.97 Å². The molecule has 0 fully saturated rings. The molecule has 76 valence electrons. The fraction of sp³-hybridized carbons (Fsp3) is 0.100. The van der Waals surface area contributed by atoms with Gasteiger partial charge in [-0.2, -0.15) is 0 Å². The third-order valence-electron chi connectivity index (χ3n) is 1.67. The molecule has 2 nitrogen and oxygen atoms in total. The summed E-state index contributed by atoms with van der Waals surface area (Å²) in [5.41, 5.74) is 0.838. The molecular formula is C10H10F2O2. The predicted molar refractivity (Wildman–Crippen MR) is 49.9 cm³/mol. The molecular weight excluding hydrogens is 190 g/mol. The first-order chi connectivity index (χ1) is 6.25. The Labute approximate surface area is 80.1 Å². The molecule has 0 saturated heterocycles. The number of aromatic carboxylic acids is 1. The maximum atomic E-state index is 11.7. The van der Waals surface area contributed by atoms with E-state index in [1.165, 1.54) is 12.1 Å². The molecule has 1 N–H and O–H groups in total. The molecule has 0 aliphatic heterocycles. The Bertz CT molecular complexity index is 335. The van der Waals surface area contributed by atoms with Gasteiger partial charge in [-0.3, -0.25) is 4.70 Å². The van der Waals surface area contributed by atoms with Crippen LogP contribution in [0.2, 0.25) is 0 Å². The van der Waals surface area contributed by atoms with E-state index >= 15 is 0 Å². The van der Waals surface area contributed by atoms with Crippen molar-refractivity contribution in [2.45, 2.75) is 6.42 Å². The topological polar surface area (TPSA) is 37.3 Å². The largest absolute Gasteiger partial charge is 0.478 e. The van der Waals surface area contributed by atoms with Gasteiger partial charge in [0.05, 0.1) is 11.9 Å². The van der Waals surface area contributed by atoms with Crippen molar-refractivity contribution in [2.75, 3.05) is 0 Å². The molecule has 0 bridgehead atoms. The van der Waals surface area contributed by atoms with E-state index in [9.17, 15) is 9.18 Å². The number of hydrogen-bond donors (Lipinski definition) is 1. The van der Waals surface area contributed by atoms with E-state index in [0.29, 0.717) is 18.3 Å². The summed E-state index contributed by atoms with van der Waals surface area (Å²) in [5.74, 6) is -0.983. The lowest BCUT2D eigenvalue weighted by Gasteiger charge is -2.01. The Morgan fingerprint density at radius 2 is 2.07 bits per heavy atom. The van der Waals surface area contributed by atoms with Crippen LogP contribution >= 0.6 is 0 Å².